The zero-order chi connectivity index (χ0) is 17.6. The van der Waals surface area contributed by atoms with Crippen LogP contribution >= 0.6 is 22.7 Å². The van der Waals surface area contributed by atoms with E-state index in [1.807, 2.05) is 24.4 Å². The average molecular weight is 379 g/mol. The highest BCUT2D eigenvalue weighted by Gasteiger charge is 2.26. The zero-order valence-electron chi connectivity index (χ0n) is 14.2. The summed E-state index contributed by atoms with van der Waals surface area (Å²) in [7, 11) is 0. The molecule has 0 fully saturated rings. The van der Waals surface area contributed by atoms with Crippen molar-refractivity contribution in [2.45, 2.75) is 39.2 Å². The van der Waals surface area contributed by atoms with Gasteiger partial charge in [-0.1, -0.05) is 6.07 Å². The molecule has 134 valence electrons. The number of fused-ring (bicyclic) bond motifs is 1. The molecule has 0 bridgehead atoms. The summed E-state index contributed by atoms with van der Waals surface area (Å²) in [4.78, 5) is 27.2. The highest BCUT2D eigenvalue weighted by Crippen LogP contribution is 2.38. The number of hydrogen-bond acceptors (Lipinski definition) is 5. The Hall–Kier alpha value is -1.70. The maximum Gasteiger partial charge on any atom is 0.254 e. The Morgan fingerprint density at radius 2 is 2.12 bits per heavy atom. The fourth-order valence-electron chi connectivity index (χ4n) is 2.92. The van der Waals surface area contributed by atoms with E-state index in [-0.39, 0.29) is 18.4 Å². The fourth-order valence-corrected chi connectivity index (χ4v) is 4.87. The van der Waals surface area contributed by atoms with Crippen LogP contribution < -0.4 is 10.6 Å². The van der Waals surface area contributed by atoms with E-state index in [0.717, 1.165) is 36.1 Å². The summed E-state index contributed by atoms with van der Waals surface area (Å²) in [6.45, 7) is 2.85. The molecule has 5 nitrogen and oxygen atoms in total. The van der Waals surface area contributed by atoms with Crippen LogP contribution in [0.15, 0.2) is 17.5 Å². The molecule has 1 aliphatic carbocycles. The van der Waals surface area contributed by atoms with Gasteiger partial charge in [-0.15, -0.1) is 22.7 Å². The van der Waals surface area contributed by atoms with Crippen molar-refractivity contribution < 1.29 is 14.3 Å². The van der Waals surface area contributed by atoms with Crippen LogP contribution in [0, 0.1) is 0 Å². The van der Waals surface area contributed by atoms with Crippen molar-refractivity contribution in [2.75, 3.05) is 18.5 Å². The monoisotopic (exact) mass is 378 g/mol. The number of carbonyl (C=O) groups excluding carboxylic acids is 2. The van der Waals surface area contributed by atoms with Crippen LogP contribution in [-0.2, 0) is 28.9 Å². The molecular weight excluding hydrogens is 356 g/mol. The minimum atomic E-state index is -0.215. The summed E-state index contributed by atoms with van der Waals surface area (Å²) >= 11 is 3.15. The van der Waals surface area contributed by atoms with Crippen LogP contribution in [0.2, 0.25) is 0 Å². The summed E-state index contributed by atoms with van der Waals surface area (Å²) in [6, 6.07) is 3.97. The molecule has 2 amide bonds. The molecule has 3 rings (SSSR count). The van der Waals surface area contributed by atoms with Gasteiger partial charge < -0.3 is 15.4 Å². The van der Waals surface area contributed by atoms with E-state index in [1.165, 1.54) is 16.2 Å². The number of nitrogens with one attached hydrogen (secondary N) is 2. The molecular formula is C18H22N2O3S2. The Morgan fingerprint density at radius 3 is 2.88 bits per heavy atom. The molecule has 25 heavy (non-hydrogen) atoms. The Labute approximate surface area is 155 Å². The van der Waals surface area contributed by atoms with Gasteiger partial charge >= 0.3 is 0 Å². The van der Waals surface area contributed by atoms with Gasteiger partial charge in [0.25, 0.3) is 11.8 Å². The molecule has 7 heteroatoms. The summed E-state index contributed by atoms with van der Waals surface area (Å²) in [5.74, 6) is -0.327. The third-order valence-corrected chi connectivity index (χ3v) is 6.18. The summed E-state index contributed by atoms with van der Waals surface area (Å²) in [6.07, 6.45) is 4.10. The summed E-state index contributed by atoms with van der Waals surface area (Å²) < 4.78 is 5.16. The van der Waals surface area contributed by atoms with Gasteiger partial charge in [-0.05, 0) is 49.6 Å². The highest BCUT2D eigenvalue weighted by molar-refractivity contribution is 7.17. The lowest BCUT2D eigenvalue weighted by molar-refractivity contribution is -0.120. The first kappa shape index (κ1) is 18.1. The van der Waals surface area contributed by atoms with Crippen molar-refractivity contribution in [1.82, 2.24) is 5.32 Å². The molecule has 2 N–H and O–H groups in total. The quantitative estimate of drug-likeness (QED) is 0.774. The lowest BCUT2D eigenvalue weighted by Gasteiger charge is -2.13. The number of anilines is 1. The van der Waals surface area contributed by atoms with Gasteiger partial charge in [0, 0.05) is 16.4 Å². The second-order valence-corrected chi connectivity index (χ2v) is 8.00. The normalized spacial score (nSPS) is 13.3. The van der Waals surface area contributed by atoms with Gasteiger partial charge in [-0.2, -0.15) is 0 Å². The van der Waals surface area contributed by atoms with Crippen molar-refractivity contribution >= 4 is 39.5 Å². The largest absolute Gasteiger partial charge is 0.372 e. The number of amides is 2. The highest BCUT2D eigenvalue weighted by atomic mass is 32.1. The second kappa shape index (κ2) is 8.60. The van der Waals surface area contributed by atoms with E-state index < -0.39 is 0 Å². The molecule has 0 saturated heterocycles. The molecule has 0 aliphatic heterocycles. The molecule has 0 saturated carbocycles. The van der Waals surface area contributed by atoms with Gasteiger partial charge in [-0.25, -0.2) is 0 Å². The Bertz CT molecular complexity index is 738. The minimum absolute atomic E-state index is 0.00925. The average Bonchev–Trinajstić information content (AvgIpc) is 3.25. The molecule has 0 radical (unpaired) electrons. The van der Waals surface area contributed by atoms with Crippen molar-refractivity contribution in [1.29, 1.82) is 0 Å². The summed E-state index contributed by atoms with van der Waals surface area (Å²) in [5.41, 5.74) is 1.74. The van der Waals surface area contributed by atoms with Gasteiger partial charge in [0.05, 0.1) is 12.1 Å². The number of rotatable bonds is 7. The molecule has 0 spiro atoms. The van der Waals surface area contributed by atoms with E-state index in [1.54, 1.807) is 11.3 Å². The van der Waals surface area contributed by atoms with Crippen LogP contribution in [-0.4, -0.2) is 25.0 Å². The number of carbonyl (C=O) groups is 2. The first-order valence-electron chi connectivity index (χ1n) is 8.51. The third kappa shape index (κ3) is 4.48. The van der Waals surface area contributed by atoms with Gasteiger partial charge in [0.1, 0.15) is 11.6 Å². The molecule has 2 heterocycles. The number of ether oxygens (including phenoxy) is 1. The van der Waals surface area contributed by atoms with Gasteiger partial charge in [0.2, 0.25) is 0 Å². The maximum absolute atomic E-state index is 12.8. The fraction of sp³-hybridized carbons (Fsp3) is 0.444. The number of thiophene rings is 2. The van der Waals surface area contributed by atoms with Crippen molar-refractivity contribution in [2.24, 2.45) is 0 Å². The Kier molecular flexibility index (Phi) is 6.23. The van der Waals surface area contributed by atoms with Crippen molar-refractivity contribution in [3.63, 3.8) is 0 Å². The number of aryl methyl sites for hydroxylation is 1. The van der Waals surface area contributed by atoms with E-state index in [4.69, 9.17) is 4.74 Å². The van der Waals surface area contributed by atoms with E-state index >= 15 is 0 Å². The molecule has 0 aromatic carbocycles. The number of hydrogen-bond donors (Lipinski definition) is 2. The molecule has 2 aromatic rings. The SMILES string of the molecule is CCOCC(=O)Nc1sc2c(c1C(=O)NCc1cccs1)CCCC2. The smallest absolute Gasteiger partial charge is 0.254 e. The Morgan fingerprint density at radius 1 is 1.28 bits per heavy atom. The van der Waals surface area contributed by atoms with E-state index in [9.17, 15) is 9.59 Å². The summed E-state index contributed by atoms with van der Waals surface area (Å²) in [5, 5.41) is 8.51. The van der Waals surface area contributed by atoms with Crippen molar-refractivity contribution in [3.05, 3.63) is 38.4 Å². The lowest BCUT2D eigenvalue weighted by atomic mass is 9.95. The maximum atomic E-state index is 12.8. The van der Waals surface area contributed by atoms with Gasteiger partial charge in [0.15, 0.2) is 0 Å². The third-order valence-electron chi connectivity index (χ3n) is 4.09. The minimum Gasteiger partial charge on any atom is -0.372 e. The van der Waals surface area contributed by atoms with Crippen LogP contribution in [0.1, 0.15) is 45.4 Å². The predicted molar refractivity (Wildman–Crippen MR) is 102 cm³/mol. The molecule has 0 atom stereocenters. The molecule has 0 unspecified atom stereocenters. The van der Waals surface area contributed by atoms with E-state index in [2.05, 4.69) is 10.6 Å². The van der Waals surface area contributed by atoms with E-state index in [0.29, 0.717) is 23.7 Å². The lowest BCUT2D eigenvalue weighted by Crippen LogP contribution is -2.26. The predicted octanol–water partition coefficient (Wildman–Crippen LogP) is 3.59. The van der Waals surface area contributed by atoms with Crippen LogP contribution in [0.3, 0.4) is 0 Å². The van der Waals surface area contributed by atoms with Crippen LogP contribution in [0.5, 0.6) is 0 Å². The van der Waals surface area contributed by atoms with Crippen molar-refractivity contribution in [3.8, 4) is 0 Å². The standard InChI is InChI=1S/C18H22N2O3S2/c1-2-23-11-15(21)20-18-16(13-7-3-4-8-14(13)25-18)17(22)19-10-12-6-5-9-24-12/h5-6,9H,2-4,7-8,10-11H2,1H3,(H,19,22)(H,20,21). The first-order chi connectivity index (χ1) is 12.2. The van der Waals surface area contributed by atoms with Gasteiger partial charge in [-0.3, -0.25) is 9.59 Å². The second-order valence-electron chi connectivity index (χ2n) is 5.86. The van der Waals surface area contributed by atoms with Crippen LogP contribution in [0.4, 0.5) is 5.00 Å². The zero-order valence-corrected chi connectivity index (χ0v) is 15.9. The molecule has 1 aliphatic rings. The van der Waals surface area contributed by atoms with Crippen LogP contribution in [0.25, 0.3) is 0 Å². The Balaban J connectivity index is 1.78. The topological polar surface area (TPSA) is 67.4 Å². The molecule has 2 aromatic heterocycles. The first-order valence-corrected chi connectivity index (χ1v) is 10.2.